The summed E-state index contributed by atoms with van der Waals surface area (Å²) in [5.74, 6) is 1.11. The first-order valence-corrected chi connectivity index (χ1v) is 11.3. The predicted octanol–water partition coefficient (Wildman–Crippen LogP) is 3.91. The highest BCUT2D eigenvalue weighted by atomic mass is 32.1. The zero-order valence-corrected chi connectivity index (χ0v) is 18.8. The highest BCUT2D eigenvalue weighted by molar-refractivity contribution is 7.16. The van der Waals surface area contributed by atoms with E-state index in [2.05, 4.69) is 11.9 Å². The Hall–Kier alpha value is -3.33. The minimum Gasteiger partial charge on any atom is -0.494 e. The number of benzene rings is 2. The Morgan fingerprint density at radius 3 is 2.59 bits per heavy atom. The Balaban J connectivity index is 1.67. The molecule has 0 unspecified atom stereocenters. The van der Waals surface area contributed by atoms with Gasteiger partial charge in [0.2, 0.25) is 6.79 Å². The topological polar surface area (TPSA) is 88.4 Å². The number of hydrogen-bond acceptors (Lipinski definition) is 7. The van der Waals surface area contributed by atoms with Crippen LogP contribution in [0.5, 0.6) is 17.2 Å². The van der Waals surface area contributed by atoms with E-state index in [9.17, 15) is 9.59 Å². The van der Waals surface area contributed by atoms with Crippen molar-refractivity contribution in [2.75, 3.05) is 20.0 Å². The van der Waals surface area contributed by atoms with Gasteiger partial charge < -0.3 is 23.5 Å². The number of carbonyl (C=O) groups excluding carboxylic acids is 2. The van der Waals surface area contributed by atoms with Crippen molar-refractivity contribution in [3.63, 3.8) is 0 Å². The molecule has 32 heavy (non-hydrogen) atoms. The normalized spacial score (nSPS) is 12.9. The van der Waals surface area contributed by atoms with Crippen molar-refractivity contribution in [2.45, 2.75) is 33.2 Å². The lowest BCUT2D eigenvalue weighted by atomic mass is 10.2. The number of fused-ring (bicyclic) bond motifs is 2. The van der Waals surface area contributed by atoms with Crippen molar-refractivity contribution in [2.24, 2.45) is 4.99 Å². The van der Waals surface area contributed by atoms with Crippen LogP contribution >= 0.6 is 11.3 Å². The van der Waals surface area contributed by atoms with E-state index in [-0.39, 0.29) is 19.9 Å². The van der Waals surface area contributed by atoms with Crippen molar-refractivity contribution in [3.8, 4) is 17.2 Å². The lowest BCUT2D eigenvalue weighted by molar-refractivity contribution is -0.143. The SMILES string of the molecule is CCCCOc1ccc(C(=O)N=c2sc3cc4c(cc3n2CC(=O)OCC)OCO4)cc1. The summed E-state index contributed by atoms with van der Waals surface area (Å²) in [5, 5.41) is 0. The minimum atomic E-state index is -0.410. The molecule has 2 heterocycles. The lowest BCUT2D eigenvalue weighted by Gasteiger charge is -2.06. The Labute approximate surface area is 189 Å². The van der Waals surface area contributed by atoms with E-state index in [1.165, 1.54) is 11.3 Å². The number of ether oxygens (including phenoxy) is 4. The molecule has 1 aliphatic rings. The molecule has 0 atom stereocenters. The average Bonchev–Trinajstić information content (AvgIpc) is 3.37. The van der Waals surface area contributed by atoms with Crippen molar-refractivity contribution in [1.82, 2.24) is 4.57 Å². The summed E-state index contributed by atoms with van der Waals surface area (Å²) in [6, 6.07) is 10.5. The van der Waals surface area contributed by atoms with Gasteiger partial charge in [0.25, 0.3) is 5.91 Å². The van der Waals surface area contributed by atoms with Gasteiger partial charge in [-0.1, -0.05) is 24.7 Å². The smallest absolute Gasteiger partial charge is 0.326 e. The Kier molecular flexibility index (Phi) is 6.75. The van der Waals surface area contributed by atoms with Crippen molar-refractivity contribution in [3.05, 3.63) is 46.8 Å². The van der Waals surface area contributed by atoms with Gasteiger partial charge in [-0.2, -0.15) is 4.99 Å². The largest absolute Gasteiger partial charge is 0.494 e. The van der Waals surface area contributed by atoms with Crippen LogP contribution in [0.15, 0.2) is 41.4 Å². The van der Waals surface area contributed by atoms with Gasteiger partial charge in [0, 0.05) is 17.7 Å². The van der Waals surface area contributed by atoms with E-state index in [4.69, 9.17) is 18.9 Å². The summed E-state index contributed by atoms with van der Waals surface area (Å²) in [6.45, 7) is 4.84. The van der Waals surface area contributed by atoms with E-state index < -0.39 is 11.9 Å². The molecule has 9 heteroatoms. The third-order valence-electron chi connectivity index (χ3n) is 4.83. The summed E-state index contributed by atoms with van der Waals surface area (Å²) >= 11 is 1.30. The highest BCUT2D eigenvalue weighted by Crippen LogP contribution is 2.37. The molecule has 0 bridgehead atoms. The molecule has 2 aromatic carbocycles. The van der Waals surface area contributed by atoms with Gasteiger partial charge in [-0.3, -0.25) is 9.59 Å². The summed E-state index contributed by atoms with van der Waals surface area (Å²) in [5.41, 5.74) is 1.15. The van der Waals surface area contributed by atoms with Gasteiger partial charge in [-0.05, 0) is 37.6 Å². The molecule has 8 nitrogen and oxygen atoms in total. The molecule has 168 valence electrons. The monoisotopic (exact) mass is 456 g/mol. The quantitative estimate of drug-likeness (QED) is 0.377. The number of esters is 1. The third-order valence-corrected chi connectivity index (χ3v) is 5.88. The zero-order chi connectivity index (χ0) is 22.5. The van der Waals surface area contributed by atoms with Crippen molar-refractivity contribution < 1.29 is 28.5 Å². The molecule has 3 aromatic rings. The van der Waals surface area contributed by atoms with Crippen molar-refractivity contribution in [1.29, 1.82) is 0 Å². The number of amides is 1. The van der Waals surface area contributed by atoms with E-state index in [0.29, 0.717) is 34.2 Å². The summed E-state index contributed by atoms with van der Waals surface area (Å²) < 4.78 is 24.1. The highest BCUT2D eigenvalue weighted by Gasteiger charge is 2.19. The molecule has 4 rings (SSSR count). The average molecular weight is 457 g/mol. The first-order chi connectivity index (χ1) is 15.6. The Bertz CT molecular complexity index is 1200. The van der Waals surface area contributed by atoms with Gasteiger partial charge in [-0.15, -0.1) is 0 Å². The lowest BCUT2D eigenvalue weighted by Crippen LogP contribution is -2.23. The maximum atomic E-state index is 12.8. The number of hydrogen-bond donors (Lipinski definition) is 0. The second-order valence-electron chi connectivity index (χ2n) is 7.09. The number of aromatic nitrogens is 1. The van der Waals surface area contributed by atoms with Crippen LogP contribution in [0.2, 0.25) is 0 Å². The fraction of sp³-hybridized carbons (Fsp3) is 0.348. The molecular formula is C23H24N2O6S. The molecule has 0 fully saturated rings. The Morgan fingerprint density at radius 1 is 1.12 bits per heavy atom. The number of thiazole rings is 1. The molecule has 0 aliphatic carbocycles. The maximum Gasteiger partial charge on any atom is 0.326 e. The minimum absolute atomic E-state index is 0.0657. The summed E-state index contributed by atoms with van der Waals surface area (Å²) in [6.07, 6.45) is 2.03. The molecule has 0 N–H and O–H groups in total. The first-order valence-electron chi connectivity index (χ1n) is 10.5. The van der Waals surface area contributed by atoms with Crippen LogP contribution in [0.4, 0.5) is 0 Å². The third kappa shape index (κ3) is 4.77. The number of nitrogens with zero attached hydrogens (tertiary/aromatic N) is 2. The van der Waals surface area contributed by atoms with Crippen LogP contribution in [-0.4, -0.2) is 36.5 Å². The van der Waals surface area contributed by atoms with Gasteiger partial charge in [-0.25, -0.2) is 0 Å². The van der Waals surface area contributed by atoms with E-state index in [1.807, 2.05) is 6.07 Å². The summed E-state index contributed by atoms with van der Waals surface area (Å²) in [4.78, 5) is 29.7. The van der Waals surface area contributed by atoms with Gasteiger partial charge in [0.1, 0.15) is 12.3 Å². The molecule has 0 radical (unpaired) electrons. The first kappa shape index (κ1) is 21.9. The molecule has 1 aliphatic heterocycles. The second-order valence-corrected chi connectivity index (χ2v) is 8.10. The fourth-order valence-electron chi connectivity index (χ4n) is 3.21. The van der Waals surface area contributed by atoms with Crippen LogP contribution in [-0.2, 0) is 16.1 Å². The standard InChI is InChI=1S/C23H24N2O6S/c1-3-5-10-29-16-8-6-15(7-9-16)22(27)24-23-25(13-21(26)28-4-2)17-11-18-19(31-14-30-18)12-20(17)32-23/h6-9,11-12H,3-5,10,13-14H2,1-2H3. The van der Waals surface area contributed by atoms with Crippen molar-refractivity contribution >= 4 is 33.4 Å². The Morgan fingerprint density at radius 2 is 1.88 bits per heavy atom. The van der Waals surface area contributed by atoms with Gasteiger partial charge in [0.05, 0.1) is 23.4 Å². The number of carbonyl (C=O) groups is 2. The molecule has 0 saturated carbocycles. The molecule has 1 aromatic heterocycles. The second kappa shape index (κ2) is 9.86. The molecule has 1 amide bonds. The fourth-order valence-corrected chi connectivity index (χ4v) is 4.25. The summed E-state index contributed by atoms with van der Waals surface area (Å²) in [7, 11) is 0. The van der Waals surface area contributed by atoms with Crippen LogP contribution in [0.3, 0.4) is 0 Å². The zero-order valence-electron chi connectivity index (χ0n) is 18.0. The number of unbranched alkanes of at least 4 members (excludes halogenated alkanes) is 1. The van der Waals surface area contributed by atoms with E-state index in [1.54, 1.807) is 41.8 Å². The van der Waals surface area contributed by atoms with E-state index in [0.717, 1.165) is 23.1 Å². The van der Waals surface area contributed by atoms with Crippen LogP contribution in [0.1, 0.15) is 37.0 Å². The maximum absolute atomic E-state index is 12.8. The van der Waals surface area contributed by atoms with Crippen LogP contribution in [0.25, 0.3) is 10.2 Å². The molecular weight excluding hydrogens is 432 g/mol. The van der Waals surface area contributed by atoms with Gasteiger partial charge >= 0.3 is 5.97 Å². The molecule has 0 saturated heterocycles. The predicted molar refractivity (Wildman–Crippen MR) is 119 cm³/mol. The van der Waals surface area contributed by atoms with Gasteiger partial charge in [0.15, 0.2) is 16.3 Å². The molecule has 0 spiro atoms. The van der Waals surface area contributed by atoms with E-state index >= 15 is 0 Å². The number of rotatable bonds is 8. The van der Waals surface area contributed by atoms with Crippen LogP contribution < -0.4 is 19.0 Å². The van der Waals surface area contributed by atoms with Crippen LogP contribution in [0, 0.1) is 0 Å².